The normalized spacial score (nSPS) is 10.2. The average Bonchev–Trinajstić information content (AvgIpc) is 2.67. The van der Waals surface area contributed by atoms with Crippen molar-refractivity contribution in [1.29, 1.82) is 0 Å². The molecule has 0 saturated carbocycles. The number of methoxy groups -OCH3 is 1. The Morgan fingerprint density at radius 2 is 2.00 bits per heavy atom. The van der Waals surface area contributed by atoms with Crippen LogP contribution < -0.4 is 10.1 Å². The number of para-hydroxylation sites is 1. The number of esters is 1. The van der Waals surface area contributed by atoms with Crippen molar-refractivity contribution in [3.05, 3.63) is 58.3 Å². The van der Waals surface area contributed by atoms with Crippen LogP contribution in [0.1, 0.15) is 29.6 Å². The highest BCUT2D eigenvalue weighted by Gasteiger charge is 2.12. The minimum absolute atomic E-state index is 0.0348. The number of hydrogen-bond donors (Lipinski definition) is 1. The fourth-order valence-corrected chi connectivity index (χ4v) is 2.27. The minimum Gasteiger partial charge on any atom is -0.496 e. The van der Waals surface area contributed by atoms with Gasteiger partial charge in [-0.2, -0.15) is 0 Å². The number of unbranched alkanes of at least 4 members (excludes halogenated alkanes) is 2. The van der Waals surface area contributed by atoms with Gasteiger partial charge in [0.05, 0.1) is 18.6 Å². The molecule has 1 N–H and O–H groups in total. The van der Waals surface area contributed by atoms with E-state index >= 15 is 0 Å². The lowest BCUT2D eigenvalue weighted by atomic mass is 10.2. The van der Waals surface area contributed by atoms with Gasteiger partial charge in [0.2, 0.25) is 0 Å². The van der Waals surface area contributed by atoms with Gasteiger partial charge >= 0.3 is 5.97 Å². The molecule has 0 aliphatic carbocycles. The largest absolute Gasteiger partial charge is 0.496 e. The quantitative estimate of drug-likeness (QED) is 0.300. The highest BCUT2D eigenvalue weighted by atomic mass is 16.6. The first-order valence-electron chi connectivity index (χ1n) is 8.26. The van der Waals surface area contributed by atoms with Crippen molar-refractivity contribution < 1.29 is 19.2 Å². The van der Waals surface area contributed by atoms with E-state index in [0.29, 0.717) is 30.3 Å². The summed E-state index contributed by atoms with van der Waals surface area (Å²) in [6, 6.07) is 9.93. The monoisotopic (exact) mass is 359 g/mol. The summed E-state index contributed by atoms with van der Waals surface area (Å²) in [5, 5.41) is 13.6. The number of nitro groups is 1. The molecule has 26 heavy (non-hydrogen) atoms. The highest BCUT2D eigenvalue weighted by molar-refractivity contribution is 5.92. The van der Waals surface area contributed by atoms with E-state index in [1.54, 1.807) is 30.3 Å². The van der Waals surface area contributed by atoms with Crippen molar-refractivity contribution in [2.24, 2.45) is 0 Å². The number of hydrogen-bond acceptors (Lipinski definition) is 7. The van der Waals surface area contributed by atoms with Gasteiger partial charge in [-0.15, -0.1) is 0 Å². The van der Waals surface area contributed by atoms with Crippen molar-refractivity contribution in [3.8, 4) is 5.75 Å². The number of nitrogens with zero attached hydrogens (tertiary/aromatic N) is 2. The van der Waals surface area contributed by atoms with Gasteiger partial charge in [0.1, 0.15) is 23.3 Å². The minimum atomic E-state index is -0.483. The van der Waals surface area contributed by atoms with Crippen LogP contribution in [0.2, 0.25) is 0 Å². The Balaban J connectivity index is 1.60. The predicted octanol–water partition coefficient (Wildman–Crippen LogP) is 3.44. The zero-order valence-electron chi connectivity index (χ0n) is 14.5. The second-order valence-electron chi connectivity index (χ2n) is 5.48. The molecule has 138 valence electrons. The molecule has 0 amide bonds. The number of benzene rings is 1. The number of ether oxygens (including phenoxy) is 2. The second-order valence-corrected chi connectivity index (χ2v) is 5.48. The lowest BCUT2D eigenvalue weighted by Crippen LogP contribution is -2.09. The Bertz CT molecular complexity index is 734. The molecule has 0 spiro atoms. The van der Waals surface area contributed by atoms with Crippen LogP contribution in [-0.4, -0.2) is 36.1 Å². The van der Waals surface area contributed by atoms with Gasteiger partial charge < -0.3 is 14.8 Å². The van der Waals surface area contributed by atoms with Crippen LogP contribution in [0.15, 0.2) is 42.6 Å². The summed E-state index contributed by atoms with van der Waals surface area (Å²) < 4.78 is 10.4. The molecule has 1 aromatic heterocycles. The molecule has 2 aromatic rings. The van der Waals surface area contributed by atoms with E-state index in [0.717, 1.165) is 19.3 Å². The summed E-state index contributed by atoms with van der Waals surface area (Å²) in [4.78, 5) is 26.0. The van der Waals surface area contributed by atoms with E-state index in [2.05, 4.69) is 10.3 Å². The van der Waals surface area contributed by atoms with Gasteiger partial charge in [-0.1, -0.05) is 12.1 Å². The fraction of sp³-hybridized carbons (Fsp3) is 0.333. The zero-order valence-corrected chi connectivity index (χ0v) is 14.5. The first-order valence-corrected chi connectivity index (χ1v) is 8.26. The molecule has 0 bridgehead atoms. The highest BCUT2D eigenvalue weighted by Crippen LogP contribution is 2.18. The topological polar surface area (TPSA) is 104 Å². The molecule has 1 heterocycles. The van der Waals surface area contributed by atoms with Crippen LogP contribution in [0.5, 0.6) is 5.75 Å². The van der Waals surface area contributed by atoms with E-state index < -0.39 is 10.9 Å². The summed E-state index contributed by atoms with van der Waals surface area (Å²) in [5.74, 6) is 0.700. The molecule has 8 nitrogen and oxygen atoms in total. The Labute approximate surface area is 151 Å². The lowest BCUT2D eigenvalue weighted by Gasteiger charge is -2.08. The van der Waals surface area contributed by atoms with E-state index in [1.807, 2.05) is 0 Å². The van der Waals surface area contributed by atoms with E-state index in [-0.39, 0.29) is 5.69 Å². The molecule has 1 aromatic carbocycles. The van der Waals surface area contributed by atoms with Gasteiger partial charge in [0.15, 0.2) is 0 Å². The molecule has 0 unspecified atom stereocenters. The number of carbonyl (C=O) groups is 1. The van der Waals surface area contributed by atoms with Gasteiger partial charge in [0, 0.05) is 12.6 Å². The smallest absolute Gasteiger partial charge is 0.341 e. The van der Waals surface area contributed by atoms with E-state index in [4.69, 9.17) is 9.47 Å². The molecule has 2 rings (SSSR count). The molecule has 0 saturated heterocycles. The van der Waals surface area contributed by atoms with Crippen molar-refractivity contribution in [1.82, 2.24) is 4.98 Å². The third kappa shape index (κ3) is 5.73. The Hall–Kier alpha value is -3.16. The van der Waals surface area contributed by atoms with Gasteiger partial charge in [0.25, 0.3) is 5.69 Å². The maximum absolute atomic E-state index is 12.0. The average molecular weight is 359 g/mol. The molecular formula is C18H21N3O5. The third-order valence-electron chi connectivity index (χ3n) is 3.65. The Kier molecular flexibility index (Phi) is 7.35. The number of nitrogens with one attached hydrogen (secondary N) is 1. The summed E-state index contributed by atoms with van der Waals surface area (Å²) in [6.45, 7) is 1.03. The van der Waals surface area contributed by atoms with E-state index in [1.165, 1.54) is 19.4 Å². The fourth-order valence-electron chi connectivity index (χ4n) is 2.27. The molecular weight excluding hydrogens is 338 g/mol. The van der Waals surface area contributed by atoms with Crippen LogP contribution in [0.3, 0.4) is 0 Å². The SMILES string of the molecule is COc1ccccc1C(=O)OCCCCCNc1ccc([N+](=O)[O-])cn1. The molecule has 0 atom stereocenters. The van der Waals surface area contributed by atoms with Crippen LogP contribution in [0, 0.1) is 10.1 Å². The van der Waals surface area contributed by atoms with Crippen molar-refractivity contribution in [2.45, 2.75) is 19.3 Å². The number of rotatable bonds is 10. The summed E-state index contributed by atoms with van der Waals surface area (Å²) in [7, 11) is 1.51. The number of pyridine rings is 1. The standard InChI is InChI=1S/C18H21N3O5/c1-25-16-8-4-3-7-15(16)18(22)26-12-6-2-5-11-19-17-10-9-14(13-20-17)21(23)24/h3-4,7-10,13H,2,5-6,11-12H2,1H3,(H,19,20). The first kappa shape index (κ1) is 19.2. The van der Waals surface area contributed by atoms with Gasteiger partial charge in [-0.3, -0.25) is 10.1 Å². The Morgan fingerprint density at radius 1 is 1.19 bits per heavy atom. The molecule has 8 heteroatoms. The summed E-state index contributed by atoms with van der Waals surface area (Å²) in [5.41, 5.74) is 0.383. The van der Waals surface area contributed by atoms with Crippen molar-refractivity contribution in [2.75, 3.05) is 25.6 Å². The first-order chi connectivity index (χ1) is 12.6. The molecule has 0 radical (unpaired) electrons. The van der Waals surface area contributed by atoms with Gasteiger partial charge in [-0.25, -0.2) is 9.78 Å². The molecule has 0 aliphatic rings. The van der Waals surface area contributed by atoms with Crippen LogP contribution >= 0.6 is 0 Å². The summed E-state index contributed by atoms with van der Waals surface area (Å²) >= 11 is 0. The molecule has 0 aliphatic heterocycles. The maximum atomic E-state index is 12.0. The zero-order chi connectivity index (χ0) is 18.8. The lowest BCUT2D eigenvalue weighted by molar-refractivity contribution is -0.385. The second kappa shape index (κ2) is 9.97. The van der Waals surface area contributed by atoms with Crippen LogP contribution in [-0.2, 0) is 4.74 Å². The number of aromatic nitrogens is 1. The number of carbonyl (C=O) groups excluding carboxylic acids is 1. The van der Waals surface area contributed by atoms with Crippen LogP contribution in [0.4, 0.5) is 11.5 Å². The van der Waals surface area contributed by atoms with Crippen molar-refractivity contribution in [3.63, 3.8) is 0 Å². The van der Waals surface area contributed by atoms with Crippen LogP contribution in [0.25, 0.3) is 0 Å². The third-order valence-corrected chi connectivity index (χ3v) is 3.65. The Morgan fingerprint density at radius 3 is 2.69 bits per heavy atom. The summed E-state index contributed by atoms with van der Waals surface area (Å²) in [6.07, 6.45) is 3.71. The van der Waals surface area contributed by atoms with Gasteiger partial charge in [-0.05, 0) is 37.5 Å². The van der Waals surface area contributed by atoms with E-state index in [9.17, 15) is 14.9 Å². The number of anilines is 1. The molecule has 0 fully saturated rings. The maximum Gasteiger partial charge on any atom is 0.341 e. The predicted molar refractivity (Wildman–Crippen MR) is 96.5 cm³/mol. The van der Waals surface area contributed by atoms with Crippen molar-refractivity contribution >= 4 is 17.5 Å².